The highest BCUT2D eigenvalue weighted by atomic mass is 35.5. The molecule has 0 N–H and O–H groups in total. The van der Waals surface area contributed by atoms with E-state index in [4.69, 9.17) is 45.0 Å². The van der Waals surface area contributed by atoms with Crippen LogP contribution in [0.1, 0.15) is 123 Å². The van der Waals surface area contributed by atoms with Gasteiger partial charge < -0.3 is 0 Å². The maximum Gasteiger partial charge on any atom is 0.112 e. The molecular formula is C30H45Cl3F2N6. The summed E-state index contributed by atoms with van der Waals surface area (Å²) >= 11 is 20.7. The maximum atomic E-state index is 14.1. The van der Waals surface area contributed by atoms with Crippen molar-refractivity contribution >= 4 is 34.8 Å². The minimum absolute atomic E-state index is 0.119. The van der Waals surface area contributed by atoms with Gasteiger partial charge in [-0.15, -0.1) is 0 Å². The van der Waals surface area contributed by atoms with Gasteiger partial charge in [-0.3, -0.25) is 14.0 Å². The topological polar surface area (TPSA) is 53.5 Å². The molecule has 0 bridgehead atoms. The van der Waals surface area contributed by atoms with E-state index >= 15 is 0 Å². The van der Waals surface area contributed by atoms with E-state index in [2.05, 4.69) is 32.8 Å². The fourth-order valence-electron chi connectivity index (χ4n) is 5.57. The molecule has 3 aromatic heterocycles. The Morgan fingerprint density at radius 3 is 1.51 bits per heavy atom. The number of nitrogens with zero attached hydrogens (tertiary/aromatic N) is 6. The predicted molar refractivity (Wildman–Crippen MR) is 166 cm³/mol. The van der Waals surface area contributed by atoms with Crippen molar-refractivity contribution in [2.24, 2.45) is 0 Å². The molecule has 3 rings (SSSR count). The largest absolute Gasteiger partial charge is 0.265 e. The number of halogens is 5. The molecule has 0 aliphatic rings. The molecule has 0 amide bonds. The van der Waals surface area contributed by atoms with E-state index in [1.807, 2.05) is 39.3 Å². The Bertz CT molecular complexity index is 1360. The Balaban J connectivity index is 2.12. The monoisotopic (exact) mass is 632 g/mol. The Hall–Kier alpha value is -1.64. The van der Waals surface area contributed by atoms with Gasteiger partial charge in [0.1, 0.15) is 13.3 Å². The Kier molecular flexibility index (Phi) is 10.0. The van der Waals surface area contributed by atoms with Gasteiger partial charge in [0.15, 0.2) is 0 Å². The number of alkyl halides is 2. The summed E-state index contributed by atoms with van der Waals surface area (Å²) in [7, 11) is 0. The molecule has 3 aromatic rings. The molecule has 0 aliphatic carbocycles. The van der Waals surface area contributed by atoms with Gasteiger partial charge in [0, 0.05) is 35.1 Å². The van der Waals surface area contributed by atoms with Crippen LogP contribution >= 0.6 is 34.8 Å². The summed E-state index contributed by atoms with van der Waals surface area (Å²) < 4.78 is 33.2. The van der Waals surface area contributed by atoms with Crippen molar-refractivity contribution in [1.29, 1.82) is 0 Å². The van der Waals surface area contributed by atoms with Crippen molar-refractivity contribution in [3.05, 3.63) is 49.7 Å². The van der Waals surface area contributed by atoms with E-state index in [1.54, 1.807) is 29.4 Å². The number of aromatic nitrogens is 6. The summed E-state index contributed by atoms with van der Waals surface area (Å²) in [5, 5.41) is 15.7. The second kappa shape index (κ2) is 12.2. The third-order valence-corrected chi connectivity index (χ3v) is 8.64. The summed E-state index contributed by atoms with van der Waals surface area (Å²) in [5.74, 6) is 0. The van der Waals surface area contributed by atoms with Gasteiger partial charge in [0.25, 0.3) is 0 Å². The van der Waals surface area contributed by atoms with Crippen molar-refractivity contribution in [3.63, 3.8) is 0 Å². The van der Waals surface area contributed by atoms with Crippen molar-refractivity contribution in [1.82, 2.24) is 29.3 Å². The molecule has 230 valence electrons. The Morgan fingerprint density at radius 2 is 1.10 bits per heavy atom. The van der Waals surface area contributed by atoms with Crippen molar-refractivity contribution in [2.75, 3.05) is 13.3 Å². The Labute approximate surface area is 258 Å². The fourth-order valence-corrected chi connectivity index (χ4v) is 6.88. The van der Waals surface area contributed by atoms with Crippen LogP contribution in [-0.2, 0) is 29.1 Å². The average molecular weight is 634 g/mol. The first-order valence-electron chi connectivity index (χ1n) is 14.2. The van der Waals surface area contributed by atoms with Crippen LogP contribution in [-0.4, -0.2) is 42.7 Å². The first-order chi connectivity index (χ1) is 18.8. The first-order valence-corrected chi connectivity index (χ1v) is 15.3. The summed E-state index contributed by atoms with van der Waals surface area (Å²) in [6, 6.07) is -0.874. The Morgan fingerprint density at radius 1 is 0.683 bits per heavy atom. The molecule has 0 radical (unpaired) electrons. The molecule has 0 unspecified atom stereocenters. The minimum Gasteiger partial charge on any atom is -0.265 e. The van der Waals surface area contributed by atoms with Gasteiger partial charge in [-0.1, -0.05) is 83.3 Å². The standard InChI is InChI=1S/C30H45Cl3F2N6/c1-17(2)39-25(20(31)16-36-39)29(8,9)12-22-24(33)27(41(38-22)19(4)15-35)30(10,11)13-21-23(32)26(28(5,6)7)40(37-21)18(3)14-34/h16-19H,12-15H2,1-11H3/t18-,19+/m1/s1. The SMILES string of the molecule is CC(C)n1ncc(Cl)c1C(C)(C)Cc1nn([C@@H](C)CF)c(C(C)(C)Cc2nn([C@H](C)CF)c(C(C)(C)C)c2Cl)c1Cl. The molecule has 0 spiro atoms. The lowest BCUT2D eigenvalue weighted by Gasteiger charge is -2.28. The normalized spacial score (nSPS) is 14.8. The lowest BCUT2D eigenvalue weighted by Crippen LogP contribution is -2.28. The van der Waals surface area contributed by atoms with E-state index < -0.39 is 36.3 Å². The molecule has 3 heterocycles. The summed E-state index contributed by atoms with van der Waals surface area (Å²) in [5.41, 5.74) is 2.25. The third-order valence-electron chi connectivity index (χ3n) is 7.57. The zero-order valence-electron chi connectivity index (χ0n) is 26.2. The molecular weight excluding hydrogens is 589 g/mol. The smallest absolute Gasteiger partial charge is 0.112 e. The predicted octanol–water partition coefficient (Wildman–Crippen LogP) is 9.22. The van der Waals surface area contributed by atoms with E-state index in [1.165, 1.54) is 0 Å². The van der Waals surface area contributed by atoms with Gasteiger partial charge in [0.2, 0.25) is 0 Å². The highest BCUT2D eigenvalue weighted by Crippen LogP contribution is 2.42. The molecule has 0 fully saturated rings. The summed E-state index contributed by atoms with van der Waals surface area (Å²) in [4.78, 5) is 0. The van der Waals surface area contributed by atoms with Crippen LogP contribution in [0.2, 0.25) is 15.1 Å². The summed E-state index contributed by atoms with van der Waals surface area (Å²) in [6.07, 6.45) is 2.54. The summed E-state index contributed by atoms with van der Waals surface area (Å²) in [6.45, 7) is 20.8. The molecule has 0 aliphatic heterocycles. The van der Waals surface area contributed by atoms with Gasteiger partial charge in [0.05, 0.1) is 61.8 Å². The quantitative estimate of drug-likeness (QED) is 0.212. The van der Waals surface area contributed by atoms with Crippen LogP contribution in [0.3, 0.4) is 0 Å². The zero-order valence-corrected chi connectivity index (χ0v) is 28.5. The van der Waals surface area contributed by atoms with E-state index in [9.17, 15) is 8.78 Å². The fraction of sp³-hybridized carbons (Fsp3) is 0.700. The van der Waals surface area contributed by atoms with Crippen molar-refractivity contribution < 1.29 is 8.78 Å². The van der Waals surface area contributed by atoms with Crippen LogP contribution in [0.5, 0.6) is 0 Å². The van der Waals surface area contributed by atoms with Crippen LogP contribution in [0, 0.1) is 0 Å². The molecule has 0 saturated carbocycles. The molecule has 11 heteroatoms. The number of hydrogen-bond acceptors (Lipinski definition) is 3. The second-order valence-corrected chi connectivity index (χ2v) is 15.0. The number of hydrogen-bond donors (Lipinski definition) is 0. The lowest BCUT2D eigenvalue weighted by molar-refractivity contribution is 0.324. The maximum absolute atomic E-state index is 14.1. The zero-order chi connectivity index (χ0) is 31.2. The van der Waals surface area contributed by atoms with Crippen LogP contribution < -0.4 is 0 Å². The molecule has 2 atom stereocenters. The molecule has 6 nitrogen and oxygen atoms in total. The first kappa shape index (κ1) is 33.9. The highest BCUT2D eigenvalue weighted by molar-refractivity contribution is 6.32. The third kappa shape index (κ3) is 6.65. The number of rotatable bonds is 11. The van der Waals surface area contributed by atoms with Gasteiger partial charge in [-0.05, 0) is 27.7 Å². The van der Waals surface area contributed by atoms with E-state index in [0.717, 1.165) is 11.4 Å². The van der Waals surface area contributed by atoms with E-state index in [0.29, 0.717) is 45.0 Å². The van der Waals surface area contributed by atoms with Crippen molar-refractivity contribution in [3.8, 4) is 0 Å². The second-order valence-electron chi connectivity index (χ2n) is 13.9. The molecule has 41 heavy (non-hydrogen) atoms. The van der Waals surface area contributed by atoms with E-state index in [-0.39, 0.29) is 11.5 Å². The van der Waals surface area contributed by atoms with Crippen LogP contribution in [0.15, 0.2) is 6.20 Å². The van der Waals surface area contributed by atoms with Crippen LogP contribution in [0.25, 0.3) is 0 Å². The average Bonchev–Trinajstić information content (AvgIpc) is 3.51. The molecule has 0 aromatic carbocycles. The minimum atomic E-state index is -0.635. The van der Waals surface area contributed by atoms with Gasteiger partial charge >= 0.3 is 0 Å². The van der Waals surface area contributed by atoms with Crippen molar-refractivity contribution in [2.45, 2.75) is 123 Å². The van der Waals surface area contributed by atoms with Crippen LogP contribution in [0.4, 0.5) is 8.78 Å². The molecule has 0 saturated heterocycles. The highest BCUT2D eigenvalue weighted by Gasteiger charge is 2.38. The lowest BCUT2D eigenvalue weighted by atomic mass is 9.81. The van der Waals surface area contributed by atoms with Gasteiger partial charge in [-0.25, -0.2) is 8.78 Å². The van der Waals surface area contributed by atoms with Gasteiger partial charge in [-0.2, -0.15) is 15.3 Å².